The summed E-state index contributed by atoms with van der Waals surface area (Å²) in [7, 11) is 3.05. The van der Waals surface area contributed by atoms with E-state index >= 15 is 0 Å². The molecule has 2 amide bonds. The maximum Gasteiger partial charge on any atom is 0.319 e. The summed E-state index contributed by atoms with van der Waals surface area (Å²) in [5.41, 5.74) is 0.965. The molecule has 0 aliphatic carbocycles. The average molecular weight is 320 g/mol. The van der Waals surface area contributed by atoms with Crippen LogP contribution in [0.25, 0.3) is 0 Å². The highest BCUT2D eigenvalue weighted by Gasteiger charge is 2.40. The Kier molecular flexibility index (Phi) is 5.59. The number of benzene rings is 1. The van der Waals surface area contributed by atoms with Gasteiger partial charge in [0.15, 0.2) is 0 Å². The molecular weight excluding hydrogens is 300 g/mol. The molecule has 0 saturated carbocycles. The van der Waals surface area contributed by atoms with Crippen molar-refractivity contribution >= 4 is 12.0 Å². The van der Waals surface area contributed by atoms with E-state index in [1.165, 1.54) is 14.2 Å². The van der Waals surface area contributed by atoms with Gasteiger partial charge in [0.2, 0.25) is 0 Å². The number of rotatable bonds is 6. The predicted molar refractivity (Wildman–Crippen MR) is 82.9 cm³/mol. The lowest BCUT2D eigenvalue weighted by Gasteiger charge is -2.33. The smallest absolute Gasteiger partial charge is 0.319 e. The lowest BCUT2D eigenvalue weighted by molar-refractivity contribution is -0.149. The monoisotopic (exact) mass is 320 g/mol. The van der Waals surface area contributed by atoms with Crippen LogP contribution in [0, 0.1) is 5.92 Å². The van der Waals surface area contributed by atoms with Gasteiger partial charge < -0.3 is 24.8 Å². The largest absolute Gasteiger partial charge is 0.496 e. The summed E-state index contributed by atoms with van der Waals surface area (Å²) in [4.78, 5) is 24.2. The van der Waals surface area contributed by atoms with Crippen LogP contribution in [0.5, 0.6) is 5.75 Å². The van der Waals surface area contributed by atoms with Crippen molar-refractivity contribution in [3.05, 3.63) is 42.1 Å². The fourth-order valence-corrected chi connectivity index (χ4v) is 2.46. The summed E-state index contributed by atoms with van der Waals surface area (Å²) in [6, 6.07) is 6.13. The van der Waals surface area contributed by atoms with Crippen molar-refractivity contribution in [1.82, 2.24) is 10.6 Å². The molecule has 1 aliphatic rings. The molecule has 124 valence electrons. The van der Waals surface area contributed by atoms with Gasteiger partial charge in [-0.2, -0.15) is 0 Å². The average Bonchev–Trinajstić information content (AvgIpc) is 2.54. The minimum Gasteiger partial charge on any atom is -0.496 e. The number of para-hydroxylation sites is 1. The molecule has 2 atom stereocenters. The molecule has 1 aliphatic heterocycles. The summed E-state index contributed by atoms with van der Waals surface area (Å²) in [6.07, 6.45) is 0. The first-order chi connectivity index (χ1) is 11.1. The second-order valence-corrected chi connectivity index (χ2v) is 4.98. The Balaban J connectivity index is 2.30. The Bertz CT molecular complexity index is 602. The van der Waals surface area contributed by atoms with Gasteiger partial charge in [0.25, 0.3) is 0 Å². The first-order valence-corrected chi connectivity index (χ1v) is 7.13. The summed E-state index contributed by atoms with van der Waals surface area (Å²) in [6.45, 7) is 4.21. The fourth-order valence-electron chi connectivity index (χ4n) is 2.46. The molecule has 7 nitrogen and oxygen atoms in total. The summed E-state index contributed by atoms with van der Waals surface area (Å²) < 4.78 is 15.4. The molecule has 0 unspecified atom stereocenters. The number of esters is 1. The molecule has 0 radical (unpaired) electrons. The normalized spacial score (nSPS) is 20.4. The van der Waals surface area contributed by atoms with Crippen LogP contribution in [0.15, 0.2) is 36.5 Å². The number of amides is 2. The van der Waals surface area contributed by atoms with Crippen LogP contribution in [-0.4, -0.2) is 39.4 Å². The van der Waals surface area contributed by atoms with Crippen molar-refractivity contribution < 1.29 is 23.8 Å². The van der Waals surface area contributed by atoms with Gasteiger partial charge in [0, 0.05) is 18.4 Å². The van der Waals surface area contributed by atoms with E-state index in [9.17, 15) is 9.59 Å². The van der Waals surface area contributed by atoms with Gasteiger partial charge in [-0.1, -0.05) is 24.8 Å². The van der Waals surface area contributed by atoms with Gasteiger partial charge in [-0.25, -0.2) is 4.79 Å². The molecule has 23 heavy (non-hydrogen) atoms. The van der Waals surface area contributed by atoms with Gasteiger partial charge in [-0.15, -0.1) is 0 Å². The van der Waals surface area contributed by atoms with Crippen LogP contribution in [0.2, 0.25) is 0 Å². The fraction of sp³-hybridized carbons (Fsp3) is 0.375. The van der Waals surface area contributed by atoms with Crippen molar-refractivity contribution in [2.24, 2.45) is 5.92 Å². The van der Waals surface area contributed by atoms with Crippen LogP contribution >= 0.6 is 0 Å². The van der Waals surface area contributed by atoms with Crippen LogP contribution in [0.4, 0.5) is 4.79 Å². The molecule has 1 fully saturated rings. The Morgan fingerprint density at radius 1 is 1.26 bits per heavy atom. The van der Waals surface area contributed by atoms with Crippen LogP contribution in [0.3, 0.4) is 0 Å². The SMILES string of the molecule is C=C1NC(=O)N[C@@H](c2ccccc2OC)[C@@H]1C(=O)OCCOC. The van der Waals surface area contributed by atoms with Crippen molar-refractivity contribution in [1.29, 1.82) is 0 Å². The van der Waals surface area contributed by atoms with Crippen molar-refractivity contribution in [2.75, 3.05) is 27.4 Å². The lowest BCUT2D eigenvalue weighted by Crippen LogP contribution is -2.51. The van der Waals surface area contributed by atoms with Crippen LogP contribution in [0.1, 0.15) is 11.6 Å². The number of hydrogen-bond acceptors (Lipinski definition) is 5. The third-order valence-corrected chi connectivity index (χ3v) is 3.53. The molecule has 2 N–H and O–H groups in total. The Hall–Kier alpha value is -2.54. The van der Waals surface area contributed by atoms with E-state index in [0.717, 1.165) is 0 Å². The van der Waals surface area contributed by atoms with Gasteiger partial charge in [0.1, 0.15) is 18.3 Å². The van der Waals surface area contributed by atoms with Crippen molar-refractivity contribution in [3.8, 4) is 5.75 Å². The van der Waals surface area contributed by atoms with E-state index in [1.54, 1.807) is 12.1 Å². The molecule has 7 heteroatoms. The van der Waals surface area contributed by atoms with Gasteiger partial charge >= 0.3 is 12.0 Å². The zero-order valence-corrected chi connectivity index (χ0v) is 13.1. The van der Waals surface area contributed by atoms with E-state index in [-0.39, 0.29) is 12.3 Å². The number of urea groups is 1. The number of carbonyl (C=O) groups is 2. The maximum atomic E-state index is 12.4. The molecular formula is C16H20N2O5. The van der Waals surface area contributed by atoms with Crippen LogP contribution in [-0.2, 0) is 14.3 Å². The number of carbonyl (C=O) groups excluding carboxylic acids is 2. The Morgan fingerprint density at radius 2 is 2.00 bits per heavy atom. The number of hydrogen-bond donors (Lipinski definition) is 2. The van der Waals surface area contributed by atoms with E-state index in [2.05, 4.69) is 17.2 Å². The minimum absolute atomic E-state index is 0.131. The topological polar surface area (TPSA) is 85.9 Å². The molecule has 1 saturated heterocycles. The summed E-state index contributed by atoms with van der Waals surface area (Å²) in [5, 5.41) is 5.26. The second-order valence-electron chi connectivity index (χ2n) is 4.98. The standard InChI is InChI=1S/C16H20N2O5/c1-10-13(15(19)23-9-8-21-2)14(18-16(20)17-10)11-6-4-5-7-12(11)22-3/h4-7,13-14H,1,8-9H2,2-3H3,(H2,17,18,20)/t13-,14+/m1/s1. The quantitative estimate of drug-likeness (QED) is 0.611. The molecule has 1 aromatic rings. The zero-order valence-electron chi connectivity index (χ0n) is 13.1. The highest BCUT2D eigenvalue weighted by atomic mass is 16.6. The lowest BCUT2D eigenvalue weighted by atomic mass is 9.88. The maximum absolute atomic E-state index is 12.4. The van der Waals surface area contributed by atoms with E-state index in [1.807, 2.05) is 12.1 Å². The third kappa shape index (κ3) is 3.81. The minimum atomic E-state index is -0.763. The second kappa shape index (κ2) is 7.64. The number of methoxy groups -OCH3 is 2. The highest BCUT2D eigenvalue weighted by molar-refractivity contribution is 5.85. The summed E-state index contributed by atoms with van der Waals surface area (Å²) >= 11 is 0. The molecule has 1 heterocycles. The third-order valence-electron chi connectivity index (χ3n) is 3.53. The number of ether oxygens (including phenoxy) is 3. The van der Waals surface area contributed by atoms with E-state index in [4.69, 9.17) is 14.2 Å². The predicted octanol–water partition coefficient (Wildman–Crippen LogP) is 1.37. The summed E-state index contributed by atoms with van der Waals surface area (Å²) in [5.74, 6) is -0.682. The highest BCUT2D eigenvalue weighted by Crippen LogP contribution is 2.35. The zero-order chi connectivity index (χ0) is 16.8. The van der Waals surface area contributed by atoms with E-state index in [0.29, 0.717) is 17.9 Å². The van der Waals surface area contributed by atoms with E-state index < -0.39 is 24.0 Å². The Labute approximate surface area is 134 Å². The molecule has 0 bridgehead atoms. The Morgan fingerprint density at radius 3 is 2.70 bits per heavy atom. The van der Waals surface area contributed by atoms with Gasteiger partial charge in [-0.05, 0) is 6.07 Å². The molecule has 0 spiro atoms. The molecule has 0 aromatic heterocycles. The number of nitrogens with one attached hydrogen (secondary N) is 2. The molecule has 1 aromatic carbocycles. The first kappa shape index (κ1) is 16.8. The van der Waals surface area contributed by atoms with Crippen molar-refractivity contribution in [2.45, 2.75) is 6.04 Å². The molecule has 2 rings (SSSR count). The van der Waals surface area contributed by atoms with Crippen LogP contribution < -0.4 is 15.4 Å². The van der Waals surface area contributed by atoms with Gasteiger partial charge in [0.05, 0.1) is 19.8 Å². The van der Waals surface area contributed by atoms with Gasteiger partial charge in [-0.3, -0.25) is 4.79 Å². The van der Waals surface area contributed by atoms with Crippen molar-refractivity contribution in [3.63, 3.8) is 0 Å². The first-order valence-electron chi connectivity index (χ1n) is 7.13.